The number of halogens is 2. The Kier molecular flexibility index (Phi) is 4.42. The van der Waals surface area contributed by atoms with Crippen molar-refractivity contribution >= 4 is 29.0 Å². The minimum atomic E-state index is -0.399. The molecule has 0 saturated carbocycles. The second kappa shape index (κ2) is 6.07. The monoisotopic (exact) mass is 312 g/mol. The number of Topliss-reactive ketones (excluding diaryl/α,β-unsaturated/α-hetero) is 1. The molecule has 104 valence electrons. The van der Waals surface area contributed by atoms with Gasteiger partial charge in [0.2, 0.25) is 5.88 Å². The Bertz CT molecular complexity index is 713. The van der Waals surface area contributed by atoms with Crippen molar-refractivity contribution in [2.24, 2.45) is 0 Å². The van der Waals surface area contributed by atoms with Crippen molar-refractivity contribution in [1.82, 2.24) is 9.78 Å². The molecular weight excluding hydrogens is 303 g/mol. The van der Waals surface area contributed by atoms with Gasteiger partial charge in [-0.3, -0.25) is 9.59 Å². The van der Waals surface area contributed by atoms with Gasteiger partial charge < -0.3 is 4.74 Å². The van der Waals surface area contributed by atoms with Crippen molar-refractivity contribution < 1.29 is 9.53 Å². The highest BCUT2D eigenvalue weighted by atomic mass is 35.5. The summed E-state index contributed by atoms with van der Waals surface area (Å²) in [6, 6.07) is 7.25. The number of ether oxygens (including phenoxy) is 1. The van der Waals surface area contributed by atoms with E-state index in [9.17, 15) is 9.59 Å². The minimum absolute atomic E-state index is 0.225. The fraction of sp³-hybridized carbons (Fsp3) is 0.154. The van der Waals surface area contributed by atoms with Crippen LogP contribution in [0.3, 0.4) is 0 Å². The molecule has 1 aromatic heterocycles. The van der Waals surface area contributed by atoms with Gasteiger partial charge in [-0.2, -0.15) is 0 Å². The molecule has 0 spiro atoms. The summed E-state index contributed by atoms with van der Waals surface area (Å²) in [4.78, 5) is 23.8. The fourth-order valence-electron chi connectivity index (χ4n) is 1.59. The van der Waals surface area contributed by atoms with E-state index in [1.165, 1.54) is 31.4 Å². The van der Waals surface area contributed by atoms with Crippen LogP contribution in [0.2, 0.25) is 10.0 Å². The van der Waals surface area contributed by atoms with Crippen molar-refractivity contribution in [1.29, 1.82) is 0 Å². The van der Waals surface area contributed by atoms with E-state index in [1.54, 1.807) is 6.07 Å². The number of rotatable bonds is 4. The normalized spacial score (nSPS) is 10.3. The van der Waals surface area contributed by atoms with E-state index in [0.29, 0.717) is 5.02 Å². The minimum Gasteiger partial charge on any atom is -0.480 e. The summed E-state index contributed by atoms with van der Waals surface area (Å²) in [6.07, 6.45) is 0. The van der Waals surface area contributed by atoms with Crippen LogP contribution in [-0.2, 0) is 6.54 Å². The Balaban J connectivity index is 2.30. The van der Waals surface area contributed by atoms with Gasteiger partial charge in [-0.1, -0.05) is 23.2 Å². The van der Waals surface area contributed by atoms with Gasteiger partial charge in [0, 0.05) is 22.7 Å². The first-order valence-corrected chi connectivity index (χ1v) is 6.37. The Morgan fingerprint density at radius 3 is 2.70 bits per heavy atom. The van der Waals surface area contributed by atoms with Crippen molar-refractivity contribution in [3.8, 4) is 5.88 Å². The number of ketones is 1. The van der Waals surface area contributed by atoms with Crippen LogP contribution in [-0.4, -0.2) is 22.7 Å². The van der Waals surface area contributed by atoms with Gasteiger partial charge in [-0.15, -0.1) is 5.10 Å². The molecule has 7 heteroatoms. The summed E-state index contributed by atoms with van der Waals surface area (Å²) < 4.78 is 5.93. The summed E-state index contributed by atoms with van der Waals surface area (Å²) in [5.41, 5.74) is -0.114. The second-order valence-electron chi connectivity index (χ2n) is 3.92. The van der Waals surface area contributed by atoms with Crippen molar-refractivity contribution in [3.63, 3.8) is 0 Å². The second-order valence-corrected chi connectivity index (χ2v) is 4.76. The molecule has 0 N–H and O–H groups in total. The summed E-state index contributed by atoms with van der Waals surface area (Å²) in [6.45, 7) is -0.225. The summed E-state index contributed by atoms with van der Waals surface area (Å²) in [5, 5.41) is 4.56. The molecule has 0 atom stereocenters. The van der Waals surface area contributed by atoms with E-state index in [4.69, 9.17) is 27.9 Å². The Morgan fingerprint density at radius 1 is 1.30 bits per heavy atom. The van der Waals surface area contributed by atoms with Gasteiger partial charge in [0.25, 0.3) is 5.56 Å². The Labute approximate surface area is 124 Å². The maximum Gasteiger partial charge on any atom is 0.267 e. The zero-order valence-electron chi connectivity index (χ0n) is 10.5. The highest BCUT2D eigenvalue weighted by Crippen LogP contribution is 2.21. The number of carbonyl (C=O) groups is 1. The lowest BCUT2D eigenvalue weighted by molar-refractivity contribution is 0.0965. The van der Waals surface area contributed by atoms with Gasteiger partial charge in [-0.25, -0.2) is 4.68 Å². The van der Waals surface area contributed by atoms with E-state index >= 15 is 0 Å². The fourth-order valence-corrected chi connectivity index (χ4v) is 2.10. The molecule has 2 aromatic rings. The highest BCUT2D eigenvalue weighted by Gasteiger charge is 2.13. The number of methoxy groups -OCH3 is 1. The first-order valence-electron chi connectivity index (χ1n) is 5.61. The molecular formula is C13H10Cl2N2O3. The molecule has 1 heterocycles. The maximum absolute atomic E-state index is 12.1. The van der Waals surface area contributed by atoms with Crippen LogP contribution in [0.5, 0.6) is 5.88 Å². The summed E-state index contributed by atoms with van der Waals surface area (Å²) >= 11 is 11.7. The van der Waals surface area contributed by atoms with Crippen LogP contribution < -0.4 is 10.3 Å². The van der Waals surface area contributed by atoms with E-state index in [2.05, 4.69) is 5.10 Å². The molecule has 0 saturated heterocycles. The maximum atomic E-state index is 12.1. The van der Waals surface area contributed by atoms with Gasteiger partial charge in [0.15, 0.2) is 5.78 Å². The molecule has 0 unspecified atom stereocenters. The zero-order valence-corrected chi connectivity index (χ0v) is 12.0. The van der Waals surface area contributed by atoms with E-state index < -0.39 is 5.56 Å². The van der Waals surface area contributed by atoms with Crippen LogP contribution in [0.1, 0.15) is 10.4 Å². The van der Waals surface area contributed by atoms with Gasteiger partial charge >= 0.3 is 0 Å². The molecule has 0 fully saturated rings. The molecule has 20 heavy (non-hydrogen) atoms. The van der Waals surface area contributed by atoms with Crippen LogP contribution in [0.15, 0.2) is 35.1 Å². The van der Waals surface area contributed by atoms with Gasteiger partial charge in [0.1, 0.15) is 6.54 Å². The molecule has 5 nitrogen and oxygen atoms in total. The first-order chi connectivity index (χ1) is 9.51. The number of hydrogen-bond acceptors (Lipinski definition) is 4. The predicted octanol–water partition coefficient (Wildman–Crippen LogP) is 2.44. The van der Waals surface area contributed by atoms with E-state index in [1.807, 2.05) is 0 Å². The predicted molar refractivity (Wildman–Crippen MR) is 75.8 cm³/mol. The molecule has 0 aliphatic rings. The lowest BCUT2D eigenvalue weighted by atomic mass is 10.1. The average Bonchev–Trinajstić information content (AvgIpc) is 2.41. The highest BCUT2D eigenvalue weighted by molar-refractivity contribution is 6.36. The Hall–Kier alpha value is -1.85. The van der Waals surface area contributed by atoms with Crippen molar-refractivity contribution in [3.05, 3.63) is 56.3 Å². The molecule has 2 rings (SSSR count). The average molecular weight is 313 g/mol. The van der Waals surface area contributed by atoms with Crippen molar-refractivity contribution in [2.75, 3.05) is 7.11 Å². The van der Waals surface area contributed by atoms with Crippen LogP contribution >= 0.6 is 23.2 Å². The lowest BCUT2D eigenvalue weighted by Gasteiger charge is -2.07. The first kappa shape index (κ1) is 14.6. The molecule has 0 bridgehead atoms. The SMILES string of the molecule is COc1ccc(=O)n(CC(=O)c2ccc(Cl)cc2Cl)n1. The molecule has 0 aliphatic carbocycles. The molecule has 0 radical (unpaired) electrons. The standard InChI is InChI=1S/C13H10Cl2N2O3/c1-20-12-4-5-13(19)17(16-12)7-11(18)9-3-2-8(14)6-10(9)15/h2-6H,7H2,1H3. The largest absolute Gasteiger partial charge is 0.480 e. The molecule has 0 amide bonds. The molecule has 1 aromatic carbocycles. The zero-order chi connectivity index (χ0) is 14.7. The van der Waals surface area contributed by atoms with Gasteiger partial charge in [0.05, 0.1) is 12.1 Å². The smallest absolute Gasteiger partial charge is 0.267 e. The number of carbonyl (C=O) groups excluding carboxylic acids is 1. The number of nitrogens with zero attached hydrogens (tertiary/aromatic N) is 2. The summed E-state index contributed by atoms with van der Waals surface area (Å²) in [5.74, 6) is -0.0888. The van der Waals surface area contributed by atoms with Crippen molar-refractivity contribution in [2.45, 2.75) is 6.54 Å². The lowest BCUT2D eigenvalue weighted by Crippen LogP contribution is -2.26. The van der Waals surface area contributed by atoms with Crippen LogP contribution in [0.25, 0.3) is 0 Å². The quantitative estimate of drug-likeness (QED) is 0.814. The third-order valence-corrected chi connectivity index (χ3v) is 3.12. The van der Waals surface area contributed by atoms with Crippen LogP contribution in [0.4, 0.5) is 0 Å². The number of hydrogen-bond donors (Lipinski definition) is 0. The third-order valence-electron chi connectivity index (χ3n) is 2.58. The van der Waals surface area contributed by atoms with E-state index in [0.717, 1.165) is 4.68 Å². The Morgan fingerprint density at radius 2 is 2.05 bits per heavy atom. The van der Waals surface area contributed by atoms with Gasteiger partial charge in [-0.05, 0) is 18.2 Å². The number of benzene rings is 1. The molecule has 0 aliphatic heterocycles. The van der Waals surface area contributed by atoms with E-state index in [-0.39, 0.29) is 28.8 Å². The third kappa shape index (κ3) is 3.18. The summed E-state index contributed by atoms with van der Waals surface area (Å²) in [7, 11) is 1.43. The van der Waals surface area contributed by atoms with Crippen LogP contribution in [0, 0.1) is 0 Å². The topological polar surface area (TPSA) is 61.2 Å². The number of aromatic nitrogens is 2.